The zero-order valence-corrected chi connectivity index (χ0v) is 46.9. The van der Waals surface area contributed by atoms with Crippen LogP contribution in [0.15, 0.2) is 237 Å². The molecule has 0 radical (unpaired) electrons. The van der Waals surface area contributed by atoms with Crippen LogP contribution in [0.4, 0.5) is 11.4 Å². The lowest BCUT2D eigenvalue weighted by Crippen LogP contribution is -2.38. The second kappa shape index (κ2) is 18.6. The molecule has 0 heterocycles. The summed E-state index contributed by atoms with van der Waals surface area (Å²) in [6.45, 7) is 21.4. The summed E-state index contributed by atoms with van der Waals surface area (Å²) in [5, 5.41) is 2.53. The summed E-state index contributed by atoms with van der Waals surface area (Å²) in [5.74, 6) is 0.560. The van der Waals surface area contributed by atoms with E-state index < -0.39 is 0 Å². The van der Waals surface area contributed by atoms with Gasteiger partial charge in [-0.2, -0.15) is 0 Å². The van der Waals surface area contributed by atoms with Gasteiger partial charge in [-0.3, -0.25) is 0 Å². The van der Waals surface area contributed by atoms with Crippen LogP contribution in [0.25, 0.3) is 55.3 Å². The highest BCUT2D eigenvalue weighted by atomic mass is 15.2. The van der Waals surface area contributed by atoms with Gasteiger partial charge in [-0.05, 0) is 155 Å². The van der Waals surface area contributed by atoms with Gasteiger partial charge in [-0.1, -0.05) is 267 Å². The van der Waals surface area contributed by atoms with Crippen LogP contribution in [0.1, 0.15) is 125 Å². The van der Waals surface area contributed by atoms with Crippen molar-refractivity contribution in [3.05, 3.63) is 287 Å². The number of rotatable bonds is 8. The van der Waals surface area contributed by atoms with Crippen LogP contribution in [0, 0.1) is 5.92 Å². The summed E-state index contributed by atoms with van der Waals surface area (Å²) in [5.41, 5.74) is 24.4. The van der Waals surface area contributed by atoms with E-state index in [1.165, 1.54) is 117 Å². The number of benzene rings is 10. The Kier molecular flexibility index (Phi) is 11.8. The van der Waals surface area contributed by atoms with Crippen molar-refractivity contribution in [2.45, 2.75) is 102 Å². The zero-order valence-electron chi connectivity index (χ0n) is 46.9. The summed E-state index contributed by atoms with van der Waals surface area (Å²) in [7, 11) is 0. The lowest BCUT2D eigenvalue weighted by molar-refractivity contribution is 0.433. The molecule has 1 nitrogen and oxygen atoms in total. The maximum Gasteiger partial charge on any atom is 0.0548 e. The fourth-order valence-corrected chi connectivity index (χ4v) is 14.0. The minimum atomic E-state index is -0.340. The quantitative estimate of drug-likeness (QED) is 0.137. The lowest BCUT2D eigenvalue weighted by atomic mass is 9.73. The smallest absolute Gasteiger partial charge is 0.0548 e. The van der Waals surface area contributed by atoms with Crippen molar-refractivity contribution < 1.29 is 0 Å². The number of fused-ring (bicyclic) bond motifs is 7. The van der Waals surface area contributed by atoms with Gasteiger partial charge in [0, 0.05) is 33.7 Å². The zero-order chi connectivity index (χ0) is 53.7. The predicted molar refractivity (Wildman–Crippen MR) is 332 cm³/mol. The van der Waals surface area contributed by atoms with Crippen LogP contribution in [0.2, 0.25) is 0 Å². The topological polar surface area (TPSA) is 3.24 Å². The number of anilines is 2. The number of para-hydroxylation sites is 1. The maximum atomic E-state index is 2.71. The second-order valence-corrected chi connectivity index (χ2v) is 25.2. The van der Waals surface area contributed by atoms with E-state index in [0.717, 1.165) is 6.42 Å². The molecule has 0 saturated heterocycles. The lowest BCUT2D eigenvalue weighted by Gasteiger charge is -2.41. The van der Waals surface area contributed by atoms with Crippen molar-refractivity contribution in [3.63, 3.8) is 0 Å². The van der Waals surface area contributed by atoms with Crippen LogP contribution in [0.3, 0.4) is 0 Å². The number of allylic oxidation sites excluding steroid dienone is 1. The van der Waals surface area contributed by atoms with Gasteiger partial charge < -0.3 is 4.90 Å². The first kappa shape index (κ1) is 49.6. The van der Waals surface area contributed by atoms with Crippen molar-refractivity contribution in [2.24, 2.45) is 5.92 Å². The molecule has 10 aromatic rings. The number of hydrogen-bond donors (Lipinski definition) is 0. The van der Waals surface area contributed by atoms with Gasteiger partial charge in [0.05, 0.1) is 6.04 Å². The van der Waals surface area contributed by atoms with Gasteiger partial charge in [-0.15, -0.1) is 0 Å². The van der Waals surface area contributed by atoms with Crippen molar-refractivity contribution >= 4 is 22.1 Å². The van der Waals surface area contributed by atoms with Crippen molar-refractivity contribution in [3.8, 4) is 44.5 Å². The van der Waals surface area contributed by atoms with Gasteiger partial charge in [0.2, 0.25) is 0 Å². The van der Waals surface area contributed by atoms with E-state index in [0.29, 0.717) is 5.92 Å². The molecule has 0 saturated carbocycles. The Labute approximate surface area is 464 Å². The SMILES string of the molecule is CC1CC(c2ccc3c(c2)C(C)(c2ccccc2)c2ccccc2-3)C=CC1N(c1ccc2c(c1)C(C)(c1ccccc1)c1ccccc1-2)c1ccccc1-c1cccc2cccc(-c3cc(C(C)(C)C)cc(C(C)(C)C)c3)c12. The molecule has 0 N–H and O–H groups in total. The van der Waals surface area contributed by atoms with E-state index in [1.807, 2.05) is 0 Å². The molecular formula is C77H71N. The molecule has 0 amide bonds. The first-order chi connectivity index (χ1) is 37.6. The average molecular weight is 1010 g/mol. The Morgan fingerprint density at radius 3 is 1.47 bits per heavy atom. The third kappa shape index (κ3) is 7.95. The first-order valence-corrected chi connectivity index (χ1v) is 28.5. The molecule has 384 valence electrons. The highest BCUT2D eigenvalue weighted by Crippen LogP contribution is 2.56. The Hall–Kier alpha value is -8.00. The van der Waals surface area contributed by atoms with E-state index in [1.54, 1.807) is 0 Å². The molecule has 3 aliphatic rings. The van der Waals surface area contributed by atoms with Crippen molar-refractivity contribution in [1.29, 1.82) is 0 Å². The number of hydrogen-bond acceptors (Lipinski definition) is 1. The molecule has 0 aromatic heterocycles. The molecular weight excluding hydrogens is 939 g/mol. The fourth-order valence-electron chi connectivity index (χ4n) is 14.0. The molecule has 1 heteroatoms. The molecule has 0 spiro atoms. The molecule has 78 heavy (non-hydrogen) atoms. The Balaban J connectivity index is 0.989. The summed E-state index contributed by atoms with van der Waals surface area (Å²) in [4.78, 5) is 2.71. The van der Waals surface area contributed by atoms with E-state index in [2.05, 4.69) is 304 Å². The molecule has 0 fully saturated rings. The molecule has 0 aliphatic heterocycles. The molecule has 5 atom stereocenters. The van der Waals surface area contributed by atoms with Crippen molar-refractivity contribution in [2.75, 3.05) is 4.90 Å². The van der Waals surface area contributed by atoms with E-state index in [-0.39, 0.29) is 33.6 Å². The summed E-state index contributed by atoms with van der Waals surface area (Å²) < 4.78 is 0. The van der Waals surface area contributed by atoms with Crippen LogP contribution in [0.5, 0.6) is 0 Å². The third-order valence-electron chi connectivity index (χ3n) is 18.4. The third-order valence-corrected chi connectivity index (χ3v) is 18.4. The maximum absolute atomic E-state index is 2.71. The van der Waals surface area contributed by atoms with Gasteiger partial charge in [0.15, 0.2) is 0 Å². The van der Waals surface area contributed by atoms with Crippen LogP contribution in [-0.2, 0) is 21.7 Å². The average Bonchev–Trinajstić information content (AvgIpc) is 3.97. The highest BCUT2D eigenvalue weighted by molar-refractivity contribution is 6.08. The van der Waals surface area contributed by atoms with Gasteiger partial charge in [0.25, 0.3) is 0 Å². The normalized spacial score (nSPS) is 20.2. The van der Waals surface area contributed by atoms with Crippen LogP contribution in [-0.4, -0.2) is 6.04 Å². The molecule has 0 bridgehead atoms. The summed E-state index contributed by atoms with van der Waals surface area (Å²) in [6.07, 6.45) is 6.13. The molecule has 5 unspecified atom stereocenters. The largest absolute Gasteiger partial charge is 0.334 e. The Bertz CT molecular complexity index is 3940. The highest BCUT2D eigenvalue weighted by Gasteiger charge is 2.43. The first-order valence-electron chi connectivity index (χ1n) is 28.5. The Morgan fingerprint density at radius 2 is 0.897 bits per heavy atom. The molecule has 3 aliphatic carbocycles. The minimum absolute atomic E-state index is 0.0112. The van der Waals surface area contributed by atoms with Gasteiger partial charge >= 0.3 is 0 Å². The van der Waals surface area contributed by atoms with Crippen LogP contribution < -0.4 is 4.90 Å². The minimum Gasteiger partial charge on any atom is -0.334 e. The van der Waals surface area contributed by atoms with E-state index >= 15 is 0 Å². The van der Waals surface area contributed by atoms with E-state index in [4.69, 9.17) is 0 Å². The van der Waals surface area contributed by atoms with Gasteiger partial charge in [-0.25, -0.2) is 0 Å². The summed E-state index contributed by atoms with van der Waals surface area (Å²) >= 11 is 0. The Morgan fingerprint density at radius 1 is 0.410 bits per heavy atom. The molecule has 13 rings (SSSR count). The second-order valence-electron chi connectivity index (χ2n) is 25.2. The fraction of sp³-hybridized carbons (Fsp3) is 0.221. The monoisotopic (exact) mass is 1010 g/mol. The van der Waals surface area contributed by atoms with Gasteiger partial charge in [0.1, 0.15) is 0 Å². The van der Waals surface area contributed by atoms with E-state index in [9.17, 15) is 0 Å². The molecule has 10 aromatic carbocycles. The van der Waals surface area contributed by atoms with Crippen molar-refractivity contribution in [1.82, 2.24) is 0 Å². The standard InChI is InChI=1S/C77H71N/c1-50-44-52(53-38-41-63-61-30-16-19-35-67(61)76(8,69(63)47-53)55-26-12-10-13-27-55)39-43-71(50)78(59-40-42-64-62-31-17-20-36-68(62)77(9,70(64)49-59)56-28-14-11-15-29-56)72-37-21-18-32-65(72)66-34-23-25-51-24-22-33-60(73(51)66)54-45-57(74(2,3)4)48-58(46-54)75(5,6)7/h10-43,45-50,52,71H,44H2,1-9H3. The summed E-state index contributed by atoms with van der Waals surface area (Å²) in [6, 6.07) is 85.7. The van der Waals surface area contributed by atoms with Crippen LogP contribution >= 0.6 is 0 Å². The predicted octanol–water partition coefficient (Wildman–Crippen LogP) is 20.3. The number of nitrogens with zero attached hydrogens (tertiary/aromatic N) is 1.